The highest BCUT2D eigenvalue weighted by atomic mass is 16.4. The Balaban J connectivity index is 2.25. The SMILES string of the molecule is [C-]#[N+]c1cc(-c2ccc(C(=O)O)c(O)c2)c2nccn2c1. The third-order valence-corrected chi connectivity index (χ3v) is 3.14. The molecular weight excluding hydrogens is 270 g/mol. The zero-order valence-electron chi connectivity index (χ0n) is 10.7. The van der Waals surface area contributed by atoms with Crippen molar-refractivity contribution < 1.29 is 15.0 Å². The summed E-state index contributed by atoms with van der Waals surface area (Å²) in [4.78, 5) is 18.5. The molecule has 0 fully saturated rings. The molecule has 6 nitrogen and oxygen atoms in total. The van der Waals surface area contributed by atoms with E-state index < -0.39 is 5.97 Å². The Labute approximate surface area is 119 Å². The number of aromatic hydroxyl groups is 1. The van der Waals surface area contributed by atoms with Gasteiger partial charge in [0, 0.05) is 24.2 Å². The summed E-state index contributed by atoms with van der Waals surface area (Å²) in [6.45, 7) is 7.13. The Morgan fingerprint density at radius 3 is 2.81 bits per heavy atom. The molecule has 0 aliphatic heterocycles. The van der Waals surface area contributed by atoms with E-state index in [2.05, 4.69) is 9.83 Å². The Morgan fingerprint density at radius 2 is 2.14 bits per heavy atom. The number of hydrogen-bond acceptors (Lipinski definition) is 3. The van der Waals surface area contributed by atoms with Crippen LogP contribution in [0.15, 0.2) is 42.9 Å². The number of pyridine rings is 1. The zero-order chi connectivity index (χ0) is 15.0. The fourth-order valence-corrected chi connectivity index (χ4v) is 2.17. The summed E-state index contributed by atoms with van der Waals surface area (Å²) < 4.78 is 1.71. The molecule has 0 saturated heterocycles. The summed E-state index contributed by atoms with van der Waals surface area (Å²) in [6.07, 6.45) is 4.99. The maximum absolute atomic E-state index is 10.9. The number of carboxylic acid groups (broad SMARTS) is 1. The molecule has 0 aliphatic carbocycles. The normalized spacial score (nSPS) is 10.4. The minimum absolute atomic E-state index is 0.167. The van der Waals surface area contributed by atoms with Crippen LogP contribution in [0.4, 0.5) is 5.69 Å². The highest BCUT2D eigenvalue weighted by molar-refractivity contribution is 5.92. The second-order valence-corrected chi connectivity index (χ2v) is 4.42. The number of phenols is 1. The zero-order valence-corrected chi connectivity index (χ0v) is 10.7. The van der Waals surface area contributed by atoms with E-state index in [-0.39, 0.29) is 11.3 Å². The van der Waals surface area contributed by atoms with Gasteiger partial charge in [-0.2, -0.15) is 0 Å². The second kappa shape index (κ2) is 4.65. The molecule has 0 bridgehead atoms. The second-order valence-electron chi connectivity index (χ2n) is 4.42. The number of rotatable bonds is 2. The van der Waals surface area contributed by atoms with Gasteiger partial charge in [-0.25, -0.2) is 14.6 Å². The lowest BCUT2D eigenvalue weighted by atomic mass is 10.0. The summed E-state index contributed by atoms with van der Waals surface area (Å²) in [5.41, 5.74) is 2.14. The molecule has 0 spiro atoms. The van der Waals surface area contributed by atoms with E-state index in [0.29, 0.717) is 22.5 Å². The summed E-state index contributed by atoms with van der Waals surface area (Å²) in [5, 5.41) is 18.7. The minimum Gasteiger partial charge on any atom is -0.507 e. The third-order valence-electron chi connectivity index (χ3n) is 3.14. The van der Waals surface area contributed by atoms with Gasteiger partial charge >= 0.3 is 5.97 Å². The van der Waals surface area contributed by atoms with Crippen molar-refractivity contribution in [2.45, 2.75) is 0 Å². The van der Waals surface area contributed by atoms with Crippen molar-refractivity contribution in [3.63, 3.8) is 0 Å². The topological polar surface area (TPSA) is 79.2 Å². The molecular formula is C15H9N3O3. The first-order chi connectivity index (χ1) is 10.1. The van der Waals surface area contributed by atoms with E-state index in [9.17, 15) is 9.90 Å². The van der Waals surface area contributed by atoms with Gasteiger partial charge in [0.15, 0.2) is 0 Å². The van der Waals surface area contributed by atoms with Crippen LogP contribution in [0, 0.1) is 6.57 Å². The fourth-order valence-electron chi connectivity index (χ4n) is 2.17. The van der Waals surface area contributed by atoms with Crippen LogP contribution in [0.2, 0.25) is 0 Å². The number of benzene rings is 1. The van der Waals surface area contributed by atoms with Gasteiger partial charge in [0.25, 0.3) is 0 Å². The molecule has 0 radical (unpaired) electrons. The van der Waals surface area contributed by atoms with Crippen LogP contribution >= 0.6 is 0 Å². The molecule has 0 amide bonds. The highest BCUT2D eigenvalue weighted by Crippen LogP contribution is 2.31. The maximum atomic E-state index is 10.9. The van der Waals surface area contributed by atoms with Crippen molar-refractivity contribution in [1.82, 2.24) is 9.38 Å². The first kappa shape index (κ1) is 12.7. The van der Waals surface area contributed by atoms with Gasteiger partial charge in [-0.15, -0.1) is 0 Å². The van der Waals surface area contributed by atoms with Crippen LogP contribution in [0.1, 0.15) is 10.4 Å². The lowest BCUT2D eigenvalue weighted by Crippen LogP contribution is -1.97. The number of fused-ring (bicyclic) bond motifs is 1. The van der Waals surface area contributed by atoms with E-state index in [1.807, 2.05) is 0 Å². The Bertz CT molecular complexity index is 906. The number of aromatic carboxylic acids is 1. The summed E-state index contributed by atoms with van der Waals surface area (Å²) in [7, 11) is 0. The molecule has 3 rings (SSSR count). The Hall–Kier alpha value is -3.33. The average Bonchev–Trinajstić information content (AvgIpc) is 2.93. The molecule has 2 heterocycles. The van der Waals surface area contributed by atoms with Crippen LogP contribution in [-0.2, 0) is 0 Å². The summed E-state index contributed by atoms with van der Waals surface area (Å²) >= 11 is 0. The number of imidazole rings is 1. The van der Waals surface area contributed by atoms with Crippen molar-refractivity contribution in [3.8, 4) is 16.9 Å². The predicted octanol–water partition coefficient (Wildman–Crippen LogP) is 2.96. The molecule has 2 N–H and O–H groups in total. The van der Waals surface area contributed by atoms with E-state index in [1.165, 1.54) is 12.1 Å². The molecule has 0 atom stereocenters. The number of carboxylic acids is 1. The van der Waals surface area contributed by atoms with Crippen molar-refractivity contribution >= 4 is 17.3 Å². The van der Waals surface area contributed by atoms with Crippen LogP contribution in [0.3, 0.4) is 0 Å². The lowest BCUT2D eigenvalue weighted by Gasteiger charge is -2.07. The fraction of sp³-hybridized carbons (Fsp3) is 0. The van der Waals surface area contributed by atoms with Gasteiger partial charge in [0.1, 0.15) is 17.0 Å². The molecule has 6 heteroatoms. The third kappa shape index (κ3) is 2.07. The smallest absolute Gasteiger partial charge is 0.339 e. The van der Waals surface area contributed by atoms with Gasteiger partial charge in [-0.3, -0.25) is 0 Å². The van der Waals surface area contributed by atoms with Crippen molar-refractivity contribution in [2.24, 2.45) is 0 Å². The largest absolute Gasteiger partial charge is 0.507 e. The average molecular weight is 279 g/mol. The molecule has 102 valence electrons. The van der Waals surface area contributed by atoms with Crippen LogP contribution < -0.4 is 0 Å². The lowest BCUT2D eigenvalue weighted by molar-refractivity contribution is 0.0694. The van der Waals surface area contributed by atoms with Crippen molar-refractivity contribution in [2.75, 3.05) is 0 Å². The molecule has 0 unspecified atom stereocenters. The maximum Gasteiger partial charge on any atom is 0.339 e. The highest BCUT2D eigenvalue weighted by Gasteiger charge is 2.13. The van der Waals surface area contributed by atoms with Gasteiger partial charge in [0.2, 0.25) is 5.69 Å². The number of carbonyl (C=O) groups is 1. The van der Waals surface area contributed by atoms with E-state index in [1.54, 1.807) is 35.1 Å². The monoisotopic (exact) mass is 279 g/mol. The van der Waals surface area contributed by atoms with Gasteiger partial charge in [0.05, 0.1) is 6.57 Å². The molecule has 0 aliphatic rings. The van der Waals surface area contributed by atoms with Gasteiger partial charge < -0.3 is 14.6 Å². The molecule has 21 heavy (non-hydrogen) atoms. The molecule has 1 aromatic carbocycles. The van der Waals surface area contributed by atoms with Crippen LogP contribution in [0.5, 0.6) is 5.75 Å². The molecule has 3 aromatic rings. The number of nitrogens with zero attached hydrogens (tertiary/aromatic N) is 3. The van der Waals surface area contributed by atoms with E-state index in [4.69, 9.17) is 11.7 Å². The van der Waals surface area contributed by atoms with Gasteiger partial charge in [-0.1, -0.05) is 6.07 Å². The van der Waals surface area contributed by atoms with E-state index >= 15 is 0 Å². The Kier molecular flexibility index (Phi) is 2.81. The molecule has 2 aromatic heterocycles. The first-order valence-corrected chi connectivity index (χ1v) is 6.01. The summed E-state index contributed by atoms with van der Waals surface area (Å²) in [5.74, 6) is -1.52. The minimum atomic E-state index is -1.19. The van der Waals surface area contributed by atoms with Crippen molar-refractivity contribution in [3.05, 3.63) is 59.8 Å². The quantitative estimate of drug-likeness (QED) is 0.707. The van der Waals surface area contributed by atoms with E-state index in [0.717, 1.165) is 0 Å². The Morgan fingerprint density at radius 1 is 1.33 bits per heavy atom. The first-order valence-electron chi connectivity index (χ1n) is 6.01. The standard InChI is InChI=1S/C15H9N3O3/c1-16-10-7-12(14-17-4-5-18(14)8-10)9-2-3-11(15(20)21)13(19)6-9/h2-8,19H,(H,20,21). The van der Waals surface area contributed by atoms with Crippen LogP contribution in [-0.4, -0.2) is 25.6 Å². The van der Waals surface area contributed by atoms with Crippen LogP contribution in [0.25, 0.3) is 21.6 Å². The number of aromatic nitrogens is 2. The molecule has 0 saturated carbocycles. The van der Waals surface area contributed by atoms with Gasteiger partial charge in [-0.05, 0) is 23.8 Å². The summed E-state index contributed by atoms with van der Waals surface area (Å²) in [6, 6.07) is 5.93. The number of hydrogen-bond donors (Lipinski definition) is 2. The predicted molar refractivity (Wildman–Crippen MR) is 75.5 cm³/mol. The van der Waals surface area contributed by atoms with Crippen molar-refractivity contribution in [1.29, 1.82) is 0 Å².